The lowest BCUT2D eigenvalue weighted by molar-refractivity contribution is 0.0578. The van der Waals surface area contributed by atoms with Crippen LogP contribution in [0.3, 0.4) is 0 Å². The van der Waals surface area contributed by atoms with Crippen molar-refractivity contribution in [3.05, 3.63) is 48.1 Å². The Morgan fingerprint density at radius 1 is 1.44 bits per heavy atom. The predicted octanol–water partition coefficient (Wildman–Crippen LogP) is 2.87. The number of carbonyl (C=O) groups is 1. The molecule has 3 aromatic heterocycles. The van der Waals surface area contributed by atoms with Gasteiger partial charge in [-0.05, 0) is 43.9 Å². The molecule has 0 radical (unpaired) electrons. The summed E-state index contributed by atoms with van der Waals surface area (Å²) in [5.74, 6) is 0.636. The number of nitrogens with one attached hydrogen (secondary N) is 1. The number of carbonyl (C=O) groups excluding carboxylic acids is 1. The Morgan fingerprint density at radius 2 is 2.36 bits per heavy atom. The largest absolute Gasteiger partial charge is 0.463 e. The number of H-pyrrole nitrogens is 1. The Labute approximate surface area is 145 Å². The molecule has 0 spiro atoms. The number of aromatic nitrogens is 4. The Kier molecular flexibility index (Phi) is 4.13. The molecule has 1 aliphatic heterocycles. The molecule has 0 unspecified atom stereocenters. The van der Waals surface area contributed by atoms with Gasteiger partial charge in [-0.2, -0.15) is 10.2 Å². The fourth-order valence-electron chi connectivity index (χ4n) is 3.38. The molecule has 4 heterocycles. The third kappa shape index (κ3) is 3.22. The summed E-state index contributed by atoms with van der Waals surface area (Å²) in [6, 6.07) is 5.55. The number of hydrogen-bond acceptors (Lipinski definition) is 4. The zero-order valence-corrected chi connectivity index (χ0v) is 14.2. The molecular formula is C18H21N5O2. The monoisotopic (exact) mass is 339 g/mol. The first kappa shape index (κ1) is 15.7. The van der Waals surface area contributed by atoms with Crippen molar-refractivity contribution >= 4 is 5.91 Å². The molecule has 0 aliphatic carbocycles. The second kappa shape index (κ2) is 6.58. The lowest BCUT2D eigenvalue weighted by atomic mass is 10.0. The highest BCUT2D eigenvalue weighted by molar-refractivity contribution is 5.93. The molecule has 130 valence electrons. The van der Waals surface area contributed by atoms with Gasteiger partial charge in [0.2, 0.25) is 0 Å². The van der Waals surface area contributed by atoms with Crippen molar-refractivity contribution < 1.29 is 9.21 Å². The van der Waals surface area contributed by atoms with Gasteiger partial charge in [-0.15, -0.1) is 0 Å². The van der Waals surface area contributed by atoms with E-state index in [2.05, 4.69) is 15.3 Å². The van der Waals surface area contributed by atoms with Gasteiger partial charge in [0.05, 0.1) is 25.0 Å². The first-order chi connectivity index (χ1) is 12.2. The van der Waals surface area contributed by atoms with Crippen molar-refractivity contribution in [3.8, 4) is 11.5 Å². The lowest BCUT2D eigenvalue weighted by Crippen LogP contribution is -2.46. The molecule has 7 nitrogen and oxygen atoms in total. The van der Waals surface area contributed by atoms with E-state index < -0.39 is 0 Å². The van der Waals surface area contributed by atoms with E-state index in [0.29, 0.717) is 17.1 Å². The summed E-state index contributed by atoms with van der Waals surface area (Å²) in [6.45, 7) is 3.49. The van der Waals surface area contributed by atoms with Gasteiger partial charge in [-0.1, -0.05) is 0 Å². The molecule has 1 aliphatic rings. The molecule has 1 N–H and O–H groups in total. The molecule has 0 aromatic carbocycles. The number of likely N-dealkylation sites (tertiary alicyclic amines) is 1. The Morgan fingerprint density at radius 3 is 3.12 bits per heavy atom. The molecule has 3 aromatic rings. The van der Waals surface area contributed by atoms with Crippen LogP contribution in [0.2, 0.25) is 0 Å². The van der Waals surface area contributed by atoms with Crippen LogP contribution < -0.4 is 0 Å². The Bertz CT molecular complexity index is 849. The van der Waals surface area contributed by atoms with Gasteiger partial charge in [0, 0.05) is 18.8 Å². The molecule has 4 rings (SSSR count). The summed E-state index contributed by atoms with van der Waals surface area (Å²) >= 11 is 0. The van der Waals surface area contributed by atoms with Gasteiger partial charge >= 0.3 is 0 Å². The first-order valence-electron chi connectivity index (χ1n) is 8.60. The number of amides is 1. The second-order valence-electron chi connectivity index (χ2n) is 6.53. The molecule has 1 atom stereocenters. The number of nitrogens with zero attached hydrogens (tertiary/aromatic N) is 4. The number of furan rings is 1. The average molecular weight is 339 g/mol. The summed E-state index contributed by atoms with van der Waals surface area (Å²) in [4.78, 5) is 14.9. The van der Waals surface area contributed by atoms with E-state index in [1.54, 1.807) is 12.3 Å². The van der Waals surface area contributed by atoms with E-state index in [1.807, 2.05) is 41.0 Å². The zero-order valence-electron chi connectivity index (χ0n) is 14.2. The summed E-state index contributed by atoms with van der Waals surface area (Å²) in [6.07, 6.45) is 8.60. The molecule has 25 heavy (non-hydrogen) atoms. The van der Waals surface area contributed by atoms with Crippen molar-refractivity contribution in [3.63, 3.8) is 0 Å². The van der Waals surface area contributed by atoms with Crippen LogP contribution in [0.5, 0.6) is 0 Å². The standard InChI is InChI=1S/C18H21N5O2/c1-13-10-19-22(11-13)12-14-5-2-3-7-23(14)18(24)16-9-15(20-21-16)17-6-4-8-25-17/h4,6,8-11,14H,2-3,5,7,12H2,1H3,(H,20,21)/t14-/m1/s1. The number of aromatic amines is 1. The highest BCUT2D eigenvalue weighted by Gasteiger charge is 2.29. The topological polar surface area (TPSA) is 80.0 Å². The Balaban J connectivity index is 1.52. The summed E-state index contributed by atoms with van der Waals surface area (Å²) in [7, 11) is 0. The minimum Gasteiger partial charge on any atom is -0.463 e. The fourth-order valence-corrected chi connectivity index (χ4v) is 3.38. The smallest absolute Gasteiger partial charge is 0.274 e. The summed E-state index contributed by atoms with van der Waals surface area (Å²) in [5.41, 5.74) is 2.27. The van der Waals surface area contributed by atoms with Crippen LogP contribution >= 0.6 is 0 Å². The quantitative estimate of drug-likeness (QED) is 0.792. The van der Waals surface area contributed by atoms with E-state index >= 15 is 0 Å². The van der Waals surface area contributed by atoms with Gasteiger partial charge < -0.3 is 9.32 Å². The van der Waals surface area contributed by atoms with Crippen LogP contribution in [0.25, 0.3) is 11.5 Å². The zero-order chi connectivity index (χ0) is 17.2. The van der Waals surface area contributed by atoms with Crippen LogP contribution in [0.1, 0.15) is 35.3 Å². The fraction of sp³-hybridized carbons (Fsp3) is 0.389. The minimum absolute atomic E-state index is 0.0392. The van der Waals surface area contributed by atoms with Crippen LogP contribution in [-0.4, -0.2) is 43.4 Å². The molecule has 1 amide bonds. The lowest BCUT2D eigenvalue weighted by Gasteiger charge is -2.35. The van der Waals surface area contributed by atoms with Crippen LogP contribution in [0.4, 0.5) is 0 Å². The molecular weight excluding hydrogens is 318 g/mol. The minimum atomic E-state index is -0.0392. The van der Waals surface area contributed by atoms with E-state index in [-0.39, 0.29) is 11.9 Å². The number of aryl methyl sites for hydroxylation is 1. The van der Waals surface area contributed by atoms with E-state index in [4.69, 9.17) is 4.42 Å². The Hall–Kier alpha value is -2.83. The second-order valence-corrected chi connectivity index (χ2v) is 6.53. The molecule has 0 saturated carbocycles. The van der Waals surface area contributed by atoms with Gasteiger partial charge in [0.25, 0.3) is 5.91 Å². The molecule has 7 heteroatoms. The highest BCUT2D eigenvalue weighted by Crippen LogP contribution is 2.23. The first-order valence-corrected chi connectivity index (χ1v) is 8.60. The van der Waals surface area contributed by atoms with Crippen LogP contribution in [0, 0.1) is 6.92 Å². The van der Waals surface area contributed by atoms with Gasteiger partial charge in [-0.25, -0.2) is 0 Å². The van der Waals surface area contributed by atoms with E-state index in [0.717, 1.165) is 37.9 Å². The normalized spacial score (nSPS) is 17.8. The van der Waals surface area contributed by atoms with Gasteiger partial charge in [-0.3, -0.25) is 14.6 Å². The SMILES string of the molecule is Cc1cnn(C[C@H]2CCCCN2C(=O)c2cc(-c3ccco3)[nH]n2)c1. The van der Waals surface area contributed by atoms with Gasteiger partial charge in [0.1, 0.15) is 5.69 Å². The maximum absolute atomic E-state index is 13.0. The van der Waals surface area contributed by atoms with E-state index in [1.165, 1.54) is 0 Å². The molecule has 1 saturated heterocycles. The van der Waals surface area contributed by atoms with Crippen molar-refractivity contribution in [1.82, 2.24) is 24.9 Å². The summed E-state index contributed by atoms with van der Waals surface area (Å²) < 4.78 is 7.27. The van der Waals surface area contributed by atoms with E-state index in [9.17, 15) is 4.79 Å². The summed E-state index contributed by atoms with van der Waals surface area (Å²) in [5, 5.41) is 11.4. The maximum atomic E-state index is 13.0. The van der Waals surface area contributed by atoms with Crippen molar-refractivity contribution in [2.75, 3.05) is 6.54 Å². The number of rotatable bonds is 4. The van der Waals surface area contributed by atoms with Crippen LogP contribution in [-0.2, 0) is 6.54 Å². The van der Waals surface area contributed by atoms with Crippen molar-refractivity contribution in [2.45, 2.75) is 38.8 Å². The number of piperidine rings is 1. The van der Waals surface area contributed by atoms with Crippen LogP contribution in [0.15, 0.2) is 41.3 Å². The number of hydrogen-bond donors (Lipinski definition) is 1. The third-order valence-electron chi connectivity index (χ3n) is 4.63. The average Bonchev–Trinajstić information content (AvgIpc) is 3.36. The van der Waals surface area contributed by atoms with Crippen molar-refractivity contribution in [1.29, 1.82) is 0 Å². The third-order valence-corrected chi connectivity index (χ3v) is 4.63. The van der Waals surface area contributed by atoms with Gasteiger partial charge in [0.15, 0.2) is 11.5 Å². The maximum Gasteiger partial charge on any atom is 0.274 e. The molecule has 1 fully saturated rings. The molecule has 0 bridgehead atoms. The predicted molar refractivity (Wildman–Crippen MR) is 91.9 cm³/mol. The highest BCUT2D eigenvalue weighted by atomic mass is 16.3. The van der Waals surface area contributed by atoms with Crippen molar-refractivity contribution in [2.24, 2.45) is 0 Å².